The van der Waals surface area contributed by atoms with E-state index in [2.05, 4.69) is 27.2 Å². The molecule has 206 valence electrons. The van der Waals surface area contributed by atoms with Crippen LogP contribution < -0.4 is 22.2 Å². The predicted octanol–water partition coefficient (Wildman–Crippen LogP) is 3.21. The Morgan fingerprint density at radius 1 is 1.00 bits per heavy atom. The molecule has 0 saturated carbocycles. The first-order valence-corrected chi connectivity index (χ1v) is 13.1. The van der Waals surface area contributed by atoms with E-state index in [1.54, 1.807) is 55.3 Å². The van der Waals surface area contributed by atoms with Gasteiger partial charge in [0.2, 0.25) is 5.56 Å². The van der Waals surface area contributed by atoms with Crippen LogP contribution in [0, 0.1) is 11.8 Å². The molecule has 10 heteroatoms. The number of amides is 1. The van der Waals surface area contributed by atoms with Gasteiger partial charge in [-0.25, -0.2) is 9.50 Å². The summed E-state index contributed by atoms with van der Waals surface area (Å²) in [6.45, 7) is 1.80. The van der Waals surface area contributed by atoms with Crippen LogP contribution in [-0.2, 0) is 7.05 Å². The van der Waals surface area contributed by atoms with Crippen LogP contribution in [0.2, 0.25) is 0 Å². The van der Waals surface area contributed by atoms with Crippen molar-refractivity contribution in [3.63, 3.8) is 0 Å². The summed E-state index contributed by atoms with van der Waals surface area (Å²) >= 11 is 0. The molecule has 2 aromatic carbocycles. The summed E-state index contributed by atoms with van der Waals surface area (Å²) in [5.74, 6) is 5.77. The number of nitrogen functional groups attached to an aromatic ring is 1. The number of para-hydroxylation sites is 1. The molecule has 4 heterocycles. The molecule has 0 aliphatic heterocycles. The topological polar surface area (TPSA) is 129 Å². The van der Waals surface area contributed by atoms with E-state index in [0.29, 0.717) is 38.9 Å². The second kappa shape index (κ2) is 10.6. The van der Waals surface area contributed by atoms with Crippen molar-refractivity contribution in [2.45, 2.75) is 13.0 Å². The molecule has 0 bridgehead atoms. The monoisotopic (exact) mass is 555 g/mol. The maximum absolute atomic E-state index is 14.2. The van der Waals surface area contributed by atoms with Gasteiger partial charge in [0.05, 0.1) is 11.4 Å². The standard InChI is InChI=1S/C32H25N7O3/c1-20(35-31(41)28-29(33)36-38-17-7-16-34-30(28)38)25-18-23-9-6-8-22(14-12-21-13-15-26(40)37(2)19-21)27(23)32(42)39(25)24-10-4-3-5-11-24/h3-11,13,15-20H,1-2H3,(H2,33,36)(H,35,41). The van der Waals surface area contributed by atoms with Gasteiger partial charge in [-0.15, -0.1) is 5.10 Å². The first-order chi connectivity index (χ1) is 20.3. The van der Waals surface area contributed by atoms with Crippen molar-refractivity contribution in [3.8, 4) is 17.5 Å². The zero-order valence-electron chi connectivity index (χ0n) is 22.8. The Bertz CT molecular complexity index is 2180. The quantitative estimate of drug-likeness (QED) is 0.322. The van der Waals surface area contributed by atoms with Crippen molar-refractivity contribution in [2.24, 2.45) is 7.05 Å². The molecule has 1 unspecified atom stereocenters. The van der Waals surface area contributed by atoms with Crippen LogP contribution in [0.3, 0.4) is 0 Å². The Morgan fingerprint density at radius 2 is 1.81 bits per heavy atom. The molecule has 1 amide bonds. The van der Waals surface area contributed by atoms with Gasteiger partial charge < -0.3 is 15.6 Å². The lowest BCUT2D eigenvalue weighted by molar-refractivity contribution is 0.0941. The van der Waals surface area contributed by atoms with Crippen LogP contribution in [0.5, 0.6) is 0 Å². The summed E-state index contributed by atoms with van der Waals surface area (Å²) in [5.41, 5.74) is 8.55. The highest BCUT2D eigenvalue weighted by Gasteiger charge is 2.24. The van der Waals surface area contributed by atoms with Gasteiger partial charge >= 0.3 is 0 Å². The number of benzene rings is 2. The van der Waals surface area contributed by atoms with E-state index in [9.17, 15) is 14.4 Å². The minimum atomic E-state index is -0.604. The van der Waals surface area contributed by atoms with Crippen LogP contribution >= 0.6 is 0 Å². The number of carbonyl (C=O) groups is 1. The lowest BCUT2D eigenvalue weighted by Crippen LogP contribution is -2.32. The number of aryl methyl sites for hydroxylation is 1. The fourth-order valence-corrected chi connectivity index (χ4v) is 4.92. The Kier molecular flexibility index (Phi) is 6.60. The molecule has 0 radical (unpaired) electrons. The Hall–Kier alpha value is -5.95. The summed E-state index contributed by atoms with van der Waals surface area (Å²) in [5, 5.41) is 8.27. The molecule has 4 aromatic heterocycles. The van der Waals surface area contributed by atoms with Crippen molar-refractivity contribution in [1.29, 1.82) is 0 Å². The van der Waals surface area contributed by atoms with E-state index < -0.39 is 11.9 Å². The summed E-state index contributed by atoms with van der Waals surface area (Å²) in [6, 6.07) is 20.7. The highest BCUT2D eigenvalue weighted by molar-refractivity contribution is 6.04. The molecule has 42 heavy (non-hydrogen) atoms. The van der Waals surface area contributed by atoms with Gasteiger partial charge in [0.15, 0.2) is 11.5 Å². The van der Waals surface area contributed by atoms with Crippen molar-refractivity contribution in [1.82, 2.24) is 29.0 Å². The summed E-state index contributed by atoms with van der Waals surface area (Å²) in [4.78, 5) is 43.7. The van der Waals surface area contributed by atoms with Gasteiger partial charge in [-0.1, -0.05) is 42.2 Å². The molecule has 0 fully saturated rings. The number of hydrogen-bond acceptors (Lipinski definition) is 6. The van der Waals surface area contributed by atoms with Crippen LogP contribution in [-0.4, -0.2) is 29.6 Å². The van der Waals surface area contributed by atoms with Crippen molar-refractivity contribution >= 4 is 28.1 Å². The van der Waals surface area contributed by atoms with Crippen LogP contribution in [0.1, 0.15) is 40.1 Å². The molecule has 3 N–H and O–H groups in total. The Morgan fingerprint density at radius 3 is 2.60 bits per heavy atom. The smallest absolute Gasteiger partial charge is 0.264 e. The van der Waals surface area contributed by atoms with Gasteiger partial charge in [0, 0.05) is 54.2 Å². The maximum Gasteiger partial charge on any atom is 0.264 e. The van der Waals surface area contributed by atoms with Gasteiger partial charge in [0.25, 0.3) is 11.5 Å². The normalized spacial score (nSPS) is 11.7. The van der Waals surface area contributed by atoms with E-state index in [4.69, 9.17) is 5.73 Å². The van der Waals surface area contributed by atoms with E-state index in [0.717, 1.165) is 0 Å². The molecule has 6 aromatic rings. The average Bonchev–Trinajstić information content (AvgIpc) is 3.33. The average molecular weight is 556 g/mol. The van der Waals surface area contributed by atoms with Crippen LogP contribution in [0.15, 0.2) is 101 Å². The number of aromatic nitrogens is 5. The first-order valence-electron chi connectivity index (χ1n) is 13.1. The van der Waals surface area contributed by atoms with E-state index >= 15 is 0 Å². The number of rotatable bonds is 4. The van der Waals surface area contributed by atoms with Gasteiger partial charge in [-0.2, -0.15) is 0 Å². The number of anilines is 1. The molecule has 0 aliphatic rings. The van der Waals surface area contributed by atoms with E-state index in [1.807, 2.05) is 48.5 Å². The second-order valence-corrected chi connectivity index (χ2v) is 9.78. The third-order valence-corrected chi connectivity index (χ3v) is 6.96. The van der Waals surface area contributed by atoms with E-state index in [-0.39, 0.29) is 22.5 Å². The molecule has 10 nitrogen and oxygen atoms in total. The number of carbonyl (C=O) groups excluding carboxylic acids is 1. The van der Waals surface area contributed by atoms with Gasteiger partial charge in [-0.3, -0.25) is 19.0 Å². The highest BCUT2D eigenvalue weighted by atomic mass is 16.2. The molecule has 0 spiro atoms. The molecule has 0 saturated heterocycles. The number of nitrogens with two attached hydrogens (primary N) is 1. The summed E-state index contributed by atoms with van der Waals surface area (Å²) in [7, 11) is 1.66. The van der Waals surface area contributed by atoms with Gasteiger partial charge in [0.1, 0.15) is 5.56 Å². The zero-order chi connectivity index (χ0) is 29.4. The molecule has 6 rings (SSSR count). The number of fused-ring (bicyclic) bond motifs is 2. The van der Waals surface area contributed by atoms with E-state index in [1.165, 1.54) is 15.1 Å². The zero-order valence-corrected chi connectivity index (χ0v) is 22.8. The minimum Gasteiger partial charge on any atom is -0.381 e. The number of pyridine rings is 2. The number of nitrogens with one attached hydrogen (secondary N) is 1. The first kappa shape index (κ1) is 26.3. The molecule has 1 atom stereocenters. The molecule has 0 aliphatic carbocycles. The van der Waals surface area contributed by atoms with Crippen LogP contribution in [0.4, 0.5) is 5.82 Å². The van der Waals surface area contributed by atoms with Crippen molar-refractivity contribution in [3.05, 3.63) is 134 Å². The van der Waals surface area contributed by atoms with Crippen molar-refractivity contribution in [2.75, 3.05) is 5.73 Å². The lowest BCUT2D eigenvalue weighted by atomic mass is 10.0. The maximum atomic E-state index is 14.2. The third kappa shape index (κ3) is 4.69. The van der Waals surface area contributed by atoms with Gasteiger partial charge in [-0.05, 0) is 48.7 Å². The summed E-state index contributed by atoms with van der Waals surface area (Å²) in [6.07, 6.45) is 4.87. The second-order valence-electron chi connectivity index (χ2n) is 9.78. The lowest BCUT2D eigenvalue weighted by Gasteiger charge is -2.21. The minimum absolute atomic E-state index is 0.0547. The number of nitrogens with zero attached hydrogens (tertiary/aromatic N) is 5. The molecular weight excluding hydrogens is 530 g/mol. The number of hydrogen-bond donors (Lipinski definition) is 2. The highest BCUT2D eigenvalue weighted by Crippen LogP contribution is 2.24. The third-order valence-electron chi connectivity index (χ3n) is 6.96. The van der Waals surface area contributed by atoms with Crippen LogP contribution in [0.25, 0.3) is 22.1 Å². The largest absolute Gasteiger partial charge is 0.381 e. The Labute approximate surface area is 239 Å². The fourth-order valence-electron chi connectivity index (χ4n) is 4.92. The van der Waals surface area contributed by atoms with Crippen molar-refractivity contribution < 1.29 is 4.79 Å². The fraction of sp³-hybridized carbons (Fsp3) is 0.0938. The summed E-state index contributed by atoms with van der Waals surface area (Å²) < 4.78 is 4.49. The SMILES string of the molecule is CC(NC(=O)c1c(N)nn2cccnc12)c1cc2cccc(C#Cc3ccc(=O)n(C)c3)c2c(=O)n1-c1ccccc1. The molecular formula is C32H25N7O3. The predicted molar refractivity (Wildman–Crippen MR) is 160 cm³/mol. The Balaban J connectivity index is 1.47.